The number of amides is 1. The number of rotatable bonds is 8. The summed E-state index contributed by atoms with van der Waals surface area (Å²) >= 11 is 7.46. The lowest BCUT2D eigenvalue weighted by atomic mass is 10.2. The number of nitrogens with zero attached hydrogens (tertiary/aromatic N) is 1. The lowest BCUT2D eigenvalue weighted by Crippen LogP contribution is -2.25. The second kappa shape index (κ2) is 8.84. The van der Waals surface area contributed by atoms with E-state index in [0.717, 1.165) is 22.7 Å². The Kier molecular flexibility index (Phi) is 6.02. The molecule has 2 aromatic carbocycles. The van der Waals surface area contributed by atoms with Gasteiger partial charge in [-0.3, -0.25) is 4.79 Å². The van der Waals surface area contributed by atoms with Gasteiger partial charge in [0.1, 0.15) is 17.3 Å². The minimum atomic E-state index is -0.118. The summed E-state index contributed by atoms with van der Waals surface area (Å²) in [5.74, 6) is 1.77. The topological polar surface area (TPSA) is 60.5 Å². The van der Waals surface area contributed by atoms with Crippen LogP contribution in [0, 0.1) is 5.92 Å². The summed E-state index contributed by atoms with van der Waals surface area (Å²) in [7, 11) is 1.60. The van der Waals surface area contributed by atoms with Crippen LogP contribution in [0.1, 0.15) is 28.9 Å². The first kappa shape index (κ1) is 19.7. The van der Waals surface area contributed by atoms with E-state index in [1.54, 1.807) is 12.5 Å². The molecule has 5 nitrogen and oxygen atoms in total. The fourth-order valence-electron chi connectivity index (χ4n) is 2.87. The molecule has 1 aliphatic carbocycles. The summed E-state index contributed by atoms with van der Waals surface area (Å²) < 4.78 is 11.4. The summed E-state index contributed by atoms with van der Waals surface area (Å²) in [5, 5.41) is 6.17. The molecule has 0 bridgehead atoms. The molecule has 1 saturated carbocycles. The van der Waals surface area contributed by atoms with Gasteiger partial charge in [0.2, 0.25) is 0 Å². The van der Waals surface area contributed by atoms with Gasteiger partial charge < -0.3 is 14.8 Å². The average Bonchev–Trinajstić information content (AvgIpc) is 3.44. The van der Waals surface area contributed by atoms with Crippen LogP contribution in [0.5, 0.6) is 11.5 Å². The second-order valence-corrected chi connectivity index (χ2v) is 8.27. The average molecular weight is 429 g/mol. The largest absolute Gasteiger partial charge is 0.493 e. The number of aromatic nitrogens is 1. The molecule has 1 aliphatic rings. The number of hydrogen-bond acceptors (Lipinski definition) is 5. The van der Waals surface area contributed by atoms with Crippen molar-refractivity contribution < 1.29 is 14.3 Å². The third-order valence-electron chi connectivity index (χ3n) is 4.68. The van der Waals surface area contributed by atoms with Crippen LogP contribution in [-0.4, -0.2) is 24.5 Å². The molecule has 7 heteroatoms. The van der Waals surface area contributed by atoms with Crippen molar-refractivity contribution in [3.63, 3.8) is 0 Å². The molecule has 0 unspecified atom stereocenters. The van der Waals surface area contributed by atoms with Crippen molar-refractivity contribution in [2.24, 2.45) is 5.92 Å². The molecule has 0 aliphatic heterocycles. The Morgan fingerprint density at radius 3 is 2.86 bits per heavy atom. The van der Waals surface area contributed by atoms with Crippen molar-refractivity contribution in [1.29, 1.82) is 0 Å². The van der Waals surface area contributed by atoms with E-state index in [4.69, 9.17) is 21.1 Å². The van der Waals surface area contributed by atoms with Crippen molar-refractivity contribution >= 4 is 28.8 Å². The number of benzene rings is 2. The first-order chi connectivity index (χ1) is 14.1. The molecular weight excluding hydrogens is 408 g/mol. The molecule has 1 N–H and O–H groups in total. The van der Waals surface area contributed by atoms with E-state index in [1.807, 2.05) is 42.5 Å². The molecule has 150 valence electrons. The van der Waals surface area contributed by atoms with Gasteiger partial charge in [-0.25, -0.2) is 4.98 Å². The van der Waals surface area contributed by atoms with Crippen LogP contribution in [0.25, 0.3) is 10.6 Å². The van der Waals surface area contributed by atoms with Crippen molar-refractivity contribution in [3.05, 3.63) is 64.1 Å². The molecule has 3 aromatic rings. The standard InChI is InChI=1S/C22H21ClN2O3S/c1-27-20-10-16(7-8-19(20)28-12-15-3-2-4-17(23)9-15)22-25-18(13-29-22)21(26)24-11-14-5-6-14/h2-4,7-10,13-14H,5-6,11-12H2,1H3,(H,24,26). The number of methoxy groups -OCH3 is 1. The number of carbonyl (C=O) groups excluding carboxylic acids is 1. The van der Waals surface area contributed by atoms with E-state index in [1.165, 1.54) is 24.2 Å². The van der Waals surface area contributed by atoms with Gasteiger partial charge >= 0.3 is 0 Å². The van der Waals surface area contributed by atoms with Crippen molar-refractivity contribution in [3.8, 4) is 22.1 Å². The molecule has 0 atom stereocenters. The quantitative estimate of drug-likeness (QED) is 0.536. The molecular formula is C22H21ClN2O3S. The molecule has 4 rings (SSSR count). The molecule has 29 heavy (non-hydrogen) atoms. The molecule has 1 fully saturated rings. The first-order valence-corrected chi connectivity index (χ1v) is 10.7. The summed E-state index contributed by atoms with van der Waals surface area (Å²) in [6.07, 6.45) is 2.41. The van der Waals surface area contributed by atoms with Crippen LogP contribution < -0.4 is 14.8 Å². The highest BCUT2D eigenvalue weighted by Gasteiger charge is 2.22. The maximum absolute atomic E-state index is 12.2. The third kappa shape index (κ3) is 5.08. The number of thiazole rings is 1. The Morgan fingerprint density at radius 1 is 1.24 bits per heavy atom. The number of ether oxygens (including phenoxy) is 2. The summed E-state index contributed by atoms with van der Waals surface area (Å²) in [6, 6.07) is 13.2. The SMILES string of the molecule is COc1cc(-c2nc(C(=O)NCC3CC3)cs2)ccc1OCc1cccc(Cl)c1. The van der Waals surface area contributed by atoms with Crippen LogP contribution in [0.4, 0.5) is 0 Å². The first-order valence-electron chi connectivity index (χ1n) is 9.42. The van der Waals surface area contributed by atoms with E-state index in [2.05, 4.69) is 10.3 Å². The minimum Gasteiger partial charge on any atom is -0.493 e. The summed E-state index contributed by atoms with van der Waals surface area (Å²) in [5.41, 5.74) is 2.31. The molecule has 1 heterocycles. The number of carbonyl (C=O) groups is 1. The number of hydrogen-bond donors (Lipinski definition) is 1. The van der Waals surface area contributed by atoms with Gasteiger partial charge in [0.05, 0.1) is 7.11 Å². The minimum absolute atomic E-state index is 0.118. The Balaban J connectivity index is 1.45. The summed E-state index contributed by atoms with van der Waals surface area (Å²) in [4.78, 5) is 16.7. The van der Waals surface area contributed by atoms with Crippen LogP contribution in [-0.2, 0) is 6.61 Å². The lowest BCUT2D eigenvalue weighted by Gasteiger charge is -2.12. The number of halogens is 1. The van der Waals surface area contributed by atoms with Crippen LogP contribution >= 0.6 is 22.9 Å². The van der Waals surface area contributed by atoms with Gasteiger partial charge in [0, 0.05) is 22.5 Å². The number of nitrogens with one attached hydrogen (secondary N) is 1. The van der Waals surface area contributed by atoms with Gasteiger partial charge in [-0.15, -0.1) is 11.3 Å². The van der Waals surface area contributed by atoms with E-state index in [9.17, 15) is 4.79 Å². The highest BCUT2D eigenvalue weighted by atomic mass is 35.5. The van der Waals surface area contributed by atoms with E-state index in [-0.39, 0.29) is 5.91 Å². The highest BCUT2D eigenvalue weighted by molar-refractivity contribution is 7.13. The zero-order chi connectivity index (χ0) is 20.2. The van der Waals surface area contributed by atoms with Gasteiger partial charge in [0.15, 0.2) is 11.5 Å². The van der Waals surface area contributed by atoms with E-state index in [0.29, 0.717) is 34.7 Å². The zero-order valence-corrected chi connectivity index (χ0v) is 17.6. The Labute approximate surface area is 178 Å². The maximum atomic E-state index is 12.2. The monoisotopic (exact) mass is 428 g/mol. The smallest absolute Gasteiger partial charge is 0.270 e. The lowest BCUT2D eigenvalue weighted by molar-refractivity contribution is 0.0947. The van der Waals surface area contributed by atoms with E-state index >= 15 is 0 Å². The van der Waals surface area contributed by atoms with Crippen LogP contribution in [0.3, 0.4) is 0 Å². The van der Waals surface area contributed by atoms with Crippen molar-refractivity contribution in [2.45, 2.75) is 19.4 Å². The van der Waals surface area contributed by atoms with Crippen LogP contribution in [0.2, 0.25) is 5.02 Å². The molecule has 0 saturated heterocycles. The van der Waals surface area contributed by atoms with Crippen molar-refractivity contribution in [2.75, 3.05) is 13.7 Å². The Morgan fingerprint density at radius 2 is 2.10 bits per heavy atom. The highest BCUT2D eigenvalue weighted by Crippen LogP contribution is 2.34. The molecule has 0 spiro atoms. The summed E-state index contributed by atoms with van der Waals surface area (Å²) in [6.45, 7) is 1.12. The fourth-order valence-corrected chi connectivity index (χ4v) is 3.88. The van der Waals surface area contributed by atoms with Gasteiger partial charge in [0.25, 0.3) is 5.91 Å². The fraction of sp³-hybridized carbons (Fsp3) is 0.273. The normalized spacial score (nSPS) is 13.2. The predicted molar refractivity (Wildman–Crippen MR) is 115 cm³/mol. The predicted octanol–water partition coefficient (Wildman–Crippen LogP) is 5.19. The molecule has 1 amide bonds. The maximum Gasteiger partial charge on any atom is 0.270 e. The molecule has 1 aromatic heterocycles. The van der Waals surface area contributed by atoms with E-state index < -0.39 is 0 Å². The Hall–Kier alpha value is -2.57. The molecule has 0 radical (unpaired) electrons. The van der Waals surface area contributed by atoms with Crippen LogP contribution in [0.15, 0.2) is 47.8 Å². The second-order valence-electron chi connectivity index (χ2n) is 6.98. The van der Waals surface area contributed by atoms with Gasteiger partial charge in [-0.2, -0.15) is 0 Å². The Bertz CT molecular complexity index is 1020. The van der Waals surface area contributed by atoms with Crippen molar-refractivity contribution in [1.82, 2.24) is 10.3 Å². The van der Waals surface area contributed by atoms with Gasteiger partial charge in [-0.05, 0) is 54.7 Å². The van der Waals surface area contributed by atoms with Gasteiger partial charge in [-0.1, -0.05) is 23.7 Å². The third-order valence-corrected chi connectivity index (χ3v) is 5.81. The zero-order valence-electron chi connectivity index (χ0n) is 16.0.